The first-order chi connectivity index (χ1) is 12.3. The summed E-state index contributed by atoms with van der Waals surface area (Å²) in [7, 11) is 1.83. The van der Waals surface area contributed by atoms with Gasteiger partial charge in [-0.1, -0.05) is 40.7 Å². The maximum Gasteiger partial charge on any atom is 0.222 e. The third-order valence-corrected chi connectivity index (χ3v) is 3.54. The van der Waals surface area contributed by atoms with E-state index in [0.29, 0.717) is 5.95 Å². The fourth-order valence-corrected chi connectivity index (χ4v) is 2.36. The van der Waals surface area contributed by atoms with Crippen LogP contribution in [0.4, 0.5) is 5.95 Å². The molecule has 5 nitrogen and oxygen atoms in total. The SMILES string of the molecule is CC.CC.CCc1nc2ccc(CCc3ccnc(NC)n3)cc2[nH]1. The molecule has 0 aliphatic rings. The highest BCUT2D eigenvalue weighted by atomic mass is 15.1. The second-order valence-electron chi connectivity index (χ2n) is 5.01. The Morgan fingerprint density at radius 1 is 1.00 bits per heavy atom. The number of hydrogen-bond acceptors (Lipinski definition) is 4. The first-order valence-electron chi connectivity index (χ1n) is 9.25. The number of hydrogen-bond donors (Lipinski definition) is 2. The molecule has 0 spiro atoms. The number of aromatic nitrogens is 4. The standard InChI is InChI=1S/C16H19N5.2C2H6/c1-3-15-20-13-7-5-11(10-14(13)21-15)4-6-12-8-9-18-16(17-2)19-12;2*1-2/h5,7-10H,3-4,6H2,1-2H3,(H,20,21)(H,17,18,19);2*1-2H3. The minimum absolute atomic E-state index is 0.670. The molecule has 0 saturated heterocycles. The summed E-state index contributed by atoms with van der Waals surface area (Å²) >= 11 is 0. The van der Waals surface area contributed by atoms with Gasteiger partial charge in [-0.15, -0.1) is 0 Å². The highest BCUT2D eigenvalue weighted by Crippen LogP contribution is 2.15. The molecule has 0 atom stereocenters. The molecule has 5 heteroatoms. The average molecular weight is 342 g/mol. The Morgan fingerprint density at radius 3 is 2.44 bits per heavy atom. The fraction of sp³-hybridized carbons (Fsp3) is 0.450. The van der Waals surface area contributed by atoms with E-state index in [9.17, 15) is 0 Å². The lowest BCUT2D eigenvalue weighted by atomic mass is 10.1. The van der Waals surface area contributed by atoms with E-state index < -0.39 is 0 Å². The van der Waals surface area contributed by atoms with Gasteiger partial charge in [0.2, 0.25) is 5.95 Å². The zero-order valence-electron chi connectivity index (χ0n) is 16.3. The lowest BCUT2D eigenvalue weighted by Gasteiger charge is -2.03. The Hall–Kier alpha value is -2.43. The molecule has 0 unspecified atom stereocenters. The van der Waals surface area contributed by atoms with Crippen molar-refractivity contribution in [1.82, 2.24) is 19.9 Å². The number of aryl methyl sites for hydroxylation is 3. The zero-order chi connectivity index (χ0) is 18.7. The number of aromatic amines is 1. The summed E-state index contributed by atoms with van der Waals surface area (Å²) in [5.74, 6) is 1.71. The van der Waals surface area contributed by atoms with Gasteiger partial charge in [0, 0.05) is 25.4 Å². The van der Waals surface area contributed by atoms with Crippen molar-refractivity contribution < 1.29 is 0 Å². The third-order valence-electron chi connectivity index (χ3n) is 3.54. The van der Waals surface area contributed by atoms with Gasteiger partial charge in [-0.05, 0) is 36.6 Å². The highest BCUT2D eigenvalue weighted by molar-refractivity contribution is 5.75. The quantitative estimate of drug-likeness (QED) is 0.700. The fourth-order valence-electron chi connectivity index (χ4n) is 2.36. The highest BCUT2D eigenvalue weighted by Gasteiger charge is 2.04. The van der Waals surface area contributed by atoms with Crippen LogP contribution in [-0.2, 0) is 19.3 Å². The van der Waals surface area contributed by atoms with E-state index in [4.69, 9.17) is 0 Å². The van der Waals surface area contributed by atoms with Gasteiger partial charge in [-0.2, -0.15) is 0 Å². The second-order valence-corrected chi connectivity index (χ2v) is 5.01. The molecule has 0 aliphatic carbocycles. The van der Waals surface area contributed by atoms with E-state index in [-0.39, 0.29) is 0 Å². The molecule has 25 heavy (non-hydrogen) atoms. The monoisotopic (exact) mass is 341 g/mol. The molecule has 0 radical (unpaired) electrons. The average Bonchev–Trinajstić information content (AvgIpc) is 3.12. The van der Waals surface area contributed by atoms with Crippen molar-refractivity contribution in [2.75, 3.05) is 12.4 Å². The van der Waals surface area contributed by atoms with Crippen molar-refractivity contribution in [3.05, 3.63) is 47.5 Å². The van der Waals surface area contributed by atoms with Crippen LogP contribution in [0.25, 0.3) is 11.0 Å². The number of H-pyrrole nitrogens is 1. The third kappa shape index (κ3) is 5.85. The predicted octanol–water partition coefficient (Wildman–Crippen LogP) is 4.79. The first-order valence-corrected chi connectivity index (χ1v) is 9.25. The molecule has 2 heterocycles. The number of fused-ring (bicyclic) bond motifs is 1. The van der Waals surface area contributed by atoms with Crippen LogP contribution >= 0.6 is 0 Å². The van der Waals surface area contributed by atoms with Gasteiger partial charge < -0.3 is 10.3 Å². The van der Waals surface area contributed by atoms with Crippen molar-refractivity contribution in [2.45, 2.75) is 53.9 Å². The summed E-state index contributed by atoms with van der Waals surface area (Å²) in [6.07, 6.45) is 4.57. The summed E-state index contributed by atoms with van der Waals surface area (Å²) in [4.78, 5) is 16.5. The molecule has 0 aliphatic heterocycles. The Morgan fingerprint density at radius 2 is 1.76 bits per heavy atom. The second kappa shape index (κ2) is 11.2. The molecule has 0 fully saturated rings. The van der Waals surface area contributed by atoms with Crippen molar-refractivity contribution in [1.29, 1.82) is 0 Å². The van der Waals surface area contributed by atoms with E-state index in [0.717, 1.165) is 41.8 Å². The number of imidazole rings is 1. The Labute approximate surface area is 151 Å². The van der Waals surface area contributed by atoms with Crippen LogP contribution in [0.1, 0.15) is 51.7 Å². The van der Waals surface area contributed by atoms with Crippen LogP contribution in [0.3, 0.4) is 0 Å². The maximum absolute atomic E-state index is 4.53. The van der Waals surface area contributed by atoms with E-state index in [1.807, 2.05) is 40.8 Å². The van der Waals surface area contributed by atoms with Crippen molar-refractivity contribution in [3.63, 3.8) is 0 Å². The van der Waals surface area contributed by atoms with Crippen molar-refractivity contribution in [3.8, 4) is 0 Å². The zero-order valence-corrected chi connectivity index (χ0v) is 16.3. The smallest absolute Gasteiger partial charge is 0.222 e. The number of rotatable bonds is 5. The van der Waals surface area contributed by atoms with Gasteiger partial charge in [0.25, 0.3) is 0 Å². The summed E-state index contributed by atoms with van der Waals surface area (Å²) in [5, 5.41) is 2.96. The number of benzene rings is 1. The Kier molecular flexibility index (Phi) is 9.22. The van der Waals surface area contributed by atoms with Gasteiger partial charge in [-0.25, -0.2) is 15.0 Å². The normalized spacial score (nSPS) is 9.68. The molecular weight excluding hydrogens is 310 g/mol. The van der Waals surface area contributed by atoms with E-state index >= 15 is 0 Å². The van der Waals surface area contributed by atoms with Gasteiger partial charge in [-0.3, -0.25) is 0 Å². The first kappa shape index (κ1) is 20.6. The molecular formula is C20H31N5. The van der Waals surface area contributed by atoms with Gasteiger partial charge in [0.05, 0.1) is 11.0 Å². The molecule has 0 amide bonds. The van der Waals surface area contributed by atoms with Crippen molar-refractivity contribution in [2.24, 2.45) is 0 Å². The van der Waals surface area contributed by atoms with Crippen LogP contribution in [0.5, 0.6) is 0 Å². The summed E-state index contributed by atoms with van der Waals surface area (Å²) in [6.45, 7) is 10.1. The molecule has 3 rings (SSSR count). The van der Waals surface area contributed by atoms with Gasteiger partial charge in [0.15, 0.2) is 0 Å². The van der Waals surface area contributed by atoms with Gasteiger partial charge in [0.1, 0.15) is 5.82 Å². The molecule has 0 bridgehead atoms. The molecule has 0 saturated carbocycles. The minimum atomic E-state index is 0.670. The van der Waals surface area contributed by atoms with Crippen LogP contribution in [0, 0.1) is 0 Å². The van der Waals surface area contributed by atoms with E-state index in [1.54, 1.807) is 6.20 Å². The Balaban J connectivity index is 0.000000730. The van der Waals surface area contributed by atoms with Crippen LogP contribution in [0.15, 0.2) is 30.5 Å². The van der Waals surface area contributed by atoms with E-state index in [2.05, 4.69) is 50.4 Å². The topological polar surface area (TPSA) is 66.5 Å². The summed E-state index contributed by atoms with van der Waals surface area (Å²) in [5.41, 5.74) is 4.49. The lowest BCUT2D eigenvalue weighted by Crippen LogP contribution is -2.00. The van der Waals surface area contributed by atoms with Crippen molar-refractivity contribution >= 4 is 17.0 Å². The maximum atomic E-state index is 4.53. The molecule has 136 valence electrons. The molecule has 2 N–H and O–H groups in total. The largest absolute Gasteiger partial charge is 0.357 e. The summed E-state index contributed by atoms with van der Waals surface area (Å²) < 4.78 is 0. The molecule has 3 aromatic rings. The number of nitrogens with one attached hydrogen (secondary N) is 2. The van der Waals surface area contributed by atoms with Gasteiger partial charge >= 0.3 is 0 Å². The molecule has 2 aromatic heterocycles. The van der Waals surface area contributed by atoms with Crippen LogP contribution in [-0.4, -0.2) is 27.0 Å². The predicted molar refractivity (Wildman–Crippen MR) is 107 cm³/mol. The summed E-state index contributed by atoms with van der Waals surface area (Å²) in [6, 6.07) is 8.37. The van der Waals surface area contributed by atoms with Crippen LogP contribution in [0.2, 0.25) is 0 Å². The minimum Gasteiger partial charge on any atom is -0.357 e. The van der Waals surface area contributed by atoms with Crippen LogP contribution < -0.4 is 5.32 Å². The molecule has 1 aromatic carbocycles. The number of anilines is 1. The number of nitrogens with zero attached hydrogens (tertiary/aromatic N) is 3. The Bertz CT molecular complexity index is 749. The lowest BCUT2D eigenvalue weighted by molar-refractivity contribution is 0.903. The van der Waals surface area contributed by atoms with E-state index in [1.165, 1.54) is 5.56 Å².